The molecule has 0 spiro atoms. The van der Waals surface area contributed by atoms with E-state index in [2.05, 4.69) is 38.2 Å². The van der Waals surface area contributed by atoms with Gasteiger partial charge in [-0.25, -0.2) is 0 Å². The molecule has 2 aromatic carbocycles. The SMILES string of the molecule is CC(C)(C)c1ccc(N2C(=O)CSC2c2cccc(NC(=O)c3ccco3)c2)cc1. The highest BCUT2D eigenvalue weighted by molar-refractivity contribution is 8.00. The molecule has 3 aromatic rings. The molecule has 1 atom stereocenters. The first-order chi connectivity index (χ1) is 14.3. The Morgan fingerprint density at radius 1 is 1.10 bits per heavy atom. The Kier molecular flexibility index (Phi) is 5.43. The van der Waals surface area contributed by atoms with Crippen LogP contribution in [0.4, 0.5) is 11.4 Å². The second-order valence-corrected chi connectivity index (χ2v) is 9.35. The first kappa shape index (κ1) is 20.3. The number of hydrogen-bond donors (Lipinski definition) is 1. The minimum absolute atomic E-state index is 0.0578. The molecular weight excluding hydrogens is 396 g/mol. The molecule has 154 valence electrons. The van der Waals surface area contributed by atoms with Crippen LogP contribution in [-0.2, 0) is 10.2 Å². The van der Waals surface area contributed by atoms with Gasteiger partial charge in [0.15, 0.2) is 5.76 Å². The summed E-state index contributed by atoms with van der Waals surface area (Å²) in [6.07, 6.45) is 1.47. The first-order valence-corrected chi connectivity index (χ1v) is 10.9. The summed E-state index contributed by atoms with van der Waals surface area (Å²) in [5, 5.41) is 2.71. The van der Waals surface area contributed by atoms with Crippen molar-refractivity contribution in [3.05, 3.63) is 83.8 Å². The molecule has 30 heavy (non-hydrogen) atoms. The van der Waals surface area contributed by atoms with E-state index < -0.39 is 0 Å². The molecule has 1 fully saturated rings. The minimum atomic E-state index is -0.304. The second kappa shape index (κ2) is 8.03. The van der Waals surface area contributed by atoms with Gasteiger partial charge in [0.2, 0.25) is 5.91 Å². The van der Waals surface area contributed by atoms with Crippen molar-refractivity contribution >= 4 is 35.0 Å². The van der Waals surface area contributed by atoms with E-state index in [1.165, 1.54) is 11.8 Å². The van der Waals surface area contributed by atoms with Crippen LogP contribution in [0.1, 0.15) is 47.8 Å². The van der Waals surface area contributed by atoms with Gasteiger partial charge in [0.05, 0.1) is 12.0 Å². The third-order valence-electron chi connectivity index (χ3n) is 5.05. The van der Waals surface area contributed by atoms with Crippen molar-refractivity contribution in [3.8, 4) is 0 Å². The van der Waals surface area contributed by atoms with Crippen LogP contribution in [0, 0.1) is 0 Å². The van der Waals surface area contributed by atoms with E-state index in [0.29, 0.717) is 11.4 Å². The molecule has 0 radical (unpaired) electrons. The van der Waals surface area contributed by atoms with Gasteiger partial charge in [-0.1, -0.05) is 45.0 Å². The van der Waals surface area contributed by atoms with Crippen LogP contribution in [0.15, 0.2) is 71.3 Å². The summed E-state index contributed by atoms with van der Waals surface area (Å²) in [4.78, 5) is 26.8. The van der Waals surface area contributed by atoms with E-state index in [1.807, 2.05) is 41.3 Å². The van der Waals surface area contributed by atoms with Crippen molar-refractivity contribution in [3.63, 3.8) is 0 Å². The minimum Gasteiger partial charge on any atom is -0.459 e. The Morgan fingerprint density at radius 2 is 1.87 bits per heavy atom. The fraction of sp³-hybridized carbons (Fsp3) is 0.250. The Balaban J connectivity index is 1.58. The molecular formula is C24H24N2O3S. The Bertz CT molecular complexity index is 1050. The van der Waals surface area contributed by atoms with Crippen LogP contribution < -0.4 is 10.2 Å². The van der Waals surface area contributed by atoms with Gasteiger partial charge in [-0.3, -0.25) is 14.5 Å². The lowest BCUT2D eigenvalue weighted by Crippen LogP contribution is -2.28. The Labute approximate surface area is 180 Å². The molecule has 0 saturated carbocycles. The largest absolute Gasteiger partial charge is 0.459 e. The van der Waals surface area contributed by atoms with Crippen LogP contribution in [0.5, 0.6) is 0 Å². The van der Waals surface area contributed by atoms with Gasteiger partial charge in [0.1, 0.15) is 5.37 Å². The van der Waals surface area contributed by atoms with E-state index in [1.54, 1.807) is 23.9 Å². The van der Waals surface area contributed by atoms with Gasteiger partial charge in [-0.15, -0.1) is 11.8 Å². The van der Waals surface area contributed by atoms with Crippen LogP contribution in [0.2, 0.25) is 0 Å². The average Bonchev–Trinajstić information content (AvgIpc) is 3.38. The molecule has 1 aliphatic heterocycles. The van der Waals surface area contributed by atoms with Gasteiger partial charge in [-0.05, 0) is 52.9 Å². The molecule has 0 bridgehead atoms. The molecule has 2 amide bonds. The quantitative estimate of drug-likeness (QED) is 0.596. The lowest BCUT2D eigenvalue weighted by atomic mass is 9.87. The van der Waals surface area contributed by atoms with Crippen molar-refractivity contribution < 1.29 is 14.0 Å². The summed E-state index contributed by atoms with van der Waals surface area (Å²) in [7, 11) is 0. The number of anilines is 2. The summed E-state index contributed by atoms with van der Waals surface area (Å²) in [6, 6.07) is 19.1. The van der Waals surface area contributed by atoms with Crippen molar-refractivity contribution in [2.45, 2.75) is 31.6 Å². The zero-order valence-electron chi connectivity index (χ0n) is 17.2. The predicted octanol–water partition coefficient (Wildman–Crippen LogP) is 5.61. The fourth-order valence-corrected chi connectivity index (χ4v) is 4.61. The maximum absolute atomic E-state index is 12.7. The molecule has 1 aliphatic rings. The molecule has 1 unspecified atom stereocenters. The molecule has 1 N–H and O–H groups in total. The molecule has 0 aliphatic carbocycles. The average molecular weight is 421 g/mol. The molecule has 4 rings (SSSR count). The molecule has 1 saturated heterocycles. The number of benzene rings is 2. The van der Waals surface area contributed by atoms with Crippen LogP contribution in [0.3, 0.4) is 0 Å². The zero-order chi connectivity index (χ0) is 21.3. The van der Waals surface area contributed by atoms with Gasteiger partial charge in [-0.2, -0.15) is 0 Å². The summed E-state index contributed by atoms with van der Waals surface area (Å²) in [5.41, 5.74) is 3.79. The van der Waals surface area contributed by atoms with E-state index >= 15 is 0 Å². The van der Waals surface area contributed by atoms with E-state index in [-0.39, 0.29) is 28.4 Å². The molecule has 6 heteroatoms. The third kappa shape index (κ3) is 4.14. The van der Waals surface area contributed by atoms with Crippen molar-refractivity contribution in [2.24, 2.45) is 0 Å². The predicted molar refractivity (Wildman–Crippen MR) is 121 cm³/mol. The zero-order valence-corrected chi connectivity index (χ0v) is 18.0. The normalized spacial score (nSPS) is 16.7. The highest BCUT2D eigenvalue weighted by atomic mass is 32.2. The van der Waals surface area contributed by atoms with Crippen LogP contribution >= 0.6 is 11.8 Å². The van der Waals surface area contributed by atoms with Crippen molar-refractivity contribution in [2.75, 3.05) is 16.0 Å². The number of nitrogens with zero attached hydrogens (tertiary/aromatic N) is 1. The standard InChI is InChI=1S/C24H24N2O3S/c1-24(2,3)17-9-11-19(12-10-17)26-21(27)15-30-23(26)16-6-4-7-18(14-16)25-22(28)20-8-5-13-29-20/h4-14,23H,15H2,1-3H3,(H,25,28). The third-order valence-corrected chi connectivity index (χ3v) is 6.27. The number of nitrogens with one attached hydrogen (secondary N) is 1. The molecule has 5 nitrogen and oxygen atoms in total. The van der Waals surface area contributed by atoms with Crippen molar-refractivity contribution in [1.29, 1.82) is 0 Å². The number of rotatable bonds is 4. The van der Waals surface area contributed by atoms with Gasteiger partial charge in [0.25, 0.3) is 5.91 Å². The molecule has 2 heterocycles. The topological polar surface area (TPSA) is 62.6 Å². The van der Waals surface area contributed by atoms with Crippen LogP contribution in [-0.4, -0.2) is 17.6 Å². The van der Waals surface area contributed by atoms with Crippen LogP contribution in [0.25, 0.3) is 0 Å². The Hall–Kier alpha value is -2.99. The summed E-state index contributed by atoms with van der Waals surface area (Å²) in [6.45, 7) is 6.51. The number of carbonyl (C=O) groups is 2. The van der Waals surface area contributed by atoms with Gasteiger partial charge < -0.3 is 9.73 Å². The fourth-order valence-electron chi connectivity index (χ4n) is 3.44. The van der Waals surface area contributed by atoms with Gasteiger partial charge in [0, 0.05) is 11.4 Å². The highest BCUT2D eigenvalue weighted by Gasteiger charge is 2.34. The summed E-state index contributed by atoms with van der Waals surface area (Å²) < 4.78 is 5.15. The maximum Gasteiger partial charge on any atom is 0.291 e. The van der Waals surface area contributed by atoms with E-state index in [4.69, 9.17) is 4.42 Å². The smallest absolute Gasteiger partial charge is 0.291 e. The number of amides is 2. The first-order valence-electron chi connectivity index (χ1n) is 9.82. The summed E-state index contributed by atoms with van der Waals surface area (Å²) in [5.74, 6) is 0.459. The maximum atomic E-state index is 12.7. The lowest BCUT2D eigenvalue weighted by Gasteiger charge is -2.26. The summed E-state index contributed by atoms with van der Waals surface area (Å²) >= 11 is 1.59. The monoisotopic (exact) mass is 420 g/mol. The van der Waals surface area contributed by atoms with Gasteiger partial charge >= 0.3 is 0 Å². The van der Waals surface area contributed by atoms with E-state index in [9.17, 15) is 9.59 Å². The number of hydrogen-bond acceptors (Lipinski definition) is 4. The van der Waals surface area contributed by atoms with E-state index in [0.717, 1.165) is 11.3 Å². The number of thioether (sulfide) groups is 1. The lowest BCUT2D eigenvalue weighted by molar-refractivity contribution is -0.115. The highest BCUT2D eigenvalue weighted by Crippen LogP contribution is 2.42. The number of furan rings is 1. The van der Waals surface area contributed by atoms with Crippen molar-refractivity contribution in [1.82, 2.24) is 0 Å². The molecule has 1 aromatic heterocycles. The number of carbonyl (C=O) groups excluding carboxylic acids is 2. The Morgan fingerprint density at radius 3 is 2.53 bits per heavy atom. The second-order valence-electron chi connectivity index (χ2n) is 8.28.